The van der Waals surface area contributed by atoms with Gasteiger partial charge in [0.2, 0.25) is 23.6 Å². The molecule has 17 nitrogen and oxygen atoms in total. The van der Waals surface area contributed by atoms with Crippen molar-refractivity contribution in [2.24, 2.45) is 0 Å². The molecule has 0 radical (unpaired) electrons. The maximum Gasteiger partial charge on any atom is 0.261 e. The number of anilines is 4. The monoisotopic (exact) mass is 905 g/mol. The number of hydrogen-bond donors (Lipinski definition) is 8. The first-order chi connectivity index (χ1) is 31.2. The van der Waals surface area contributed by atoms with Gasteiger partial charge in [0.05, 0.1) is 11.4 Å². The first-order valence-electron chi connectivity index (χ1n) is 21.3. The summed E-state index contributed by atoms with van der Waals surface area (Å²) < 4.78 is 44.6. The van der Waals surface area contributed by atoms with Crippen LogP contribution in [0.5, 0.6) is 0 Å². The molecule has 3 aromatic carbocycles. The van der Waals surface area contributed by atoms with Crippen molar-refractivity contribution in [2.75, 3.05) is 40.7 Å². The fraction of sp³-hybridized carbons (Fsp3) is 0.304. The van der Waals surface area contributed by atoms with Crippen LogP contribution in [0.4, 0.5) is 27.3 Å². The van der Waals surface area contributed by atoms with E-state index < -0.39 is 34.0 Å². The van der Waals surface area contributed by atoms with E-state index in [0.29, 0.717) is 71.8 Å². The Kier molecular flexibility index (Phi) is 13.2. The number of halogens is 1. The summed E-state index contributed by atoms with van der Waals surface area (Å²) in [5.41, 5.74) is 11.6. The number of nitrogens with one attached hydrogen (secondary N) is 6. The first-order valence-corrected chi connectivity index (χ1v) is 22.8. The molecule has 338 valence electrons. The van der Waals surface area contributed by atoms with Gasteiger partial charge < -0.3 is 31.7 Å². The maximum atomic E-state index is 15.6. The Morgan fingerprint density at radius 2 is 1.75 bits per heavy atom. The van der Waals surface area contributed by atoms with Gasteiger partial charge in [-0.1, -0.05) is 24.3 Å². The van der Waals surface area contributed by atoms with Crippen molar-refractivity contribution < 1.29 is 41.9 Å². The molecule has 65 heavy (non-hydrogen) atoms. The lowest BCUT2D eigenvalue weighted by molar-refractivity contribution is -0.137. The van der Waals surface area contributed by atoms with Crippen LogP contribution in [0.25, 0.3) is 11.1 Å². The zero-order valence-corrected chi connectivity index (χ0v) is 36.0. The lowest BCUT2D eigenvalue weighted by Crippen LogP contribution is -2.52. The van der Waals surface area contributed by atoms with Crippen molar-refractivity contribution in [3.8, 4) is 11.1 Å². The summed E-state index contributed by atoms with van der Waals surface area (Å²) in [6.07, 6.45) is 7.81. The molecule has 2 saturated heterocycles. The second-order valence-electron chi connectivity index (χ2n) is 16.3. The van der Waals surface area contributed by atoms with Crippen LogP contribution in [0, 0.1) is 5.82 Å². The number of nitrogen functional groups attached to an aromatic ring is 1. The minimum Gasteiger partial charge on any atom is -0.383 e. The molecule has 1 aromatic heterocycles. The smallest absolute Gasteiger partial charge is 0.261 e. The molecule has 5 amide bonds. The molecule has 1 aliphatic carbocycles. The highest BCUT2D eigenvalue weighted by Gasteiger charge is 2.40. The summed E-state index contributed by atoms with van der Waals surface area (Å²) in [5, 5.41) is 24.2. The van der Waals surface area contributed by atoms with E-state index in [0.717, 1.165) is 23.6 Å². The predicted molar refractivity (Wildman–Crippen MR) is 240 cm³/mol. The van der Waals surface area contributed by atoms with Crippen molar-refractivity contribution in [2.45, 2.75) is 74.6 Å². The number of hydrogen-bond acceptors (Lipinski definition) is 12. The number of unbranched alkanes of at least 4 members (excludes halogenated alkanes) is 1. The molecule has 2 fully saturated rings. The van der Waals surface area contributed by atoms with E-state index in [2.05, 4.69) is 42.4 Å². The number of carbonyl (C=O) groups is 5. The van der Waals surface area contributed by atoms with Crippen molar-refractivity contribution in [3.05, 3.63) is 119 Å². The number of amides is 5. The summed E-state index contributed by atoms with van der Waals surface area (Å²) in [6, 6.07) is 15.7. The highest BCUT2D eigenvalue weighted by Crippen LogP contribution is 2.38. The average Bonchev–Trinajstić information content (AvgIpc) is 3.61. The van der Waals surface area contributed by atoms with Crippen molar-refractivity contribution in [3.63, 3.8) is 0 Å². The molecule has 3 unspecified atom stereocenters. The highest BCUT2D eigenvalue weighted by molar-refractivity contribution is 7.92. The van der Waals surface area contributed by atoms with Crippen molar-refractivity contribution in [1.82, 2.24) is 25.8 Å². The van der Waals surface area contributed by atoms with E-state index in [9.17, 15) is 37.5 Å². The van der Waals surface area contributed by atoms with E-state index in [-0.39, 0.29) is 78.0 Å². The fourth-order valence-electron chi connectivity index (χ4n) is 8.50. The van der Waals surface area contributed by atoms with Gasteiger partial charge in [-0.3, -0.25) is 39.3 Å². The number of imide groups is 1. The third kappa shape index (κ3) is 10.1. The number of aliphatic hydroxyl groups is 1. The number of piperidine rings is 2. The number of carbonyl (C=O) groups excluding carboxylic acids is 5. The van der Waals surface area contributed by atoms with Gasteiger partial charge in [-0.2, -0.15) is 0 Å². The van der Waals surface area contributed by atoms with Crippen LogP contribution in [0.2, 0.25) is 0 Å². The van der Waals surface area contributed by atoms with Crippen LogP contribution in [-0.2, 0) is 35.7 Å². The van der Waals surface area contributed by atoms with Gasteiger partial charge in [-0.25, -0.2) is 17.8 Å². The Morgan fingerprint density at radius 3 is 2.54 bits per heavy atom. The Labute approximate surface area is 374 Å². The van der Waals surface area contributed by atoms with Crippen LogP contribution in [0.3, 0.4) is 0 Å². The van der Waals surface area contributed by atoms with Crippen molar-refractivity contribution in [1.29, 1.82) is 0 Å². The molecule has 4 heterocycles. The zero-order valence-electron chi connectivity index (χ0n) is 35.2. The molecule has 3 aliphatic heterocycles. The van der Waals surface area contributed by atoms with Gasteiger partial charge in [0.25, 0.3) is 15.9 Å². The van der Waals surface area contributed by atoms with Crippen LogP contribution in [-0.4, -0.2) is 84.8 Å². The SMILES string of the molecule is Nc1ncc(-c2ccc(S(=O)(=O)Nc3ccc(NC(=O)CNCCCCC(=O)Nc4cccc5c4CN(C4CCC(=O)NC4=O)C5=O)cc3)cc2F)cc1C1C=C2CCNC(O)C2=CC1. The van der Waals surface area contributed by atoms with E-state index in [1.165, 1.54) is 47.5 Å². The van der Waals surface area contributed by atoms with Gasteiger partial charge >= 0.3 is 0 Å². The van der Waals surface area contributed by atoms with Gasteiger partial charge in [-0.15, -0.1) is 0 Å². The quantitative estimate of drug-likeness (QED) is 0.0622. The lowest BCUT2D eigenvalue weighted by atomic mass is 9.82. The Morgan fingerprint density at radius 1 is 0.954 bits per heavy atom. The third-order valence-corrected chi connectivity index (χ3v) is 13.3. The molecule has 3 atom stereocenters. The molecule has 4 aromatic rings. The molecule has 19 heteroatoms. The van der Waals surface area contributed by atoms with E-state index in [1.807, 2.05) is 6.08 Å². The zero-order chi connectivity index (χ0) is 45.8. The number of rotatable bonds is 15. The fourth-order valence-corrected chi connectivity index (χ4v) is 9.57. The van der Waals surface area contributed by atoms with Gasteiger partial charge in [-0.05, 0) is 104 Å². The minimum absolute atomic E-state index is 0.0105. The summed E-state index contributed by atoms with van der Waals surface area (Å²) in [7, 11) is -4.20. The number of nitrogens with two attached hydrogens (primary N) is 1. The number of aromatic nitrogens is 1. The number of allylic oxidation sites excluding steroid dienone is 2. The molecule has 0 bridgehead atoms. The Hall–Kier alpha value is -6.80. The molecule has 0 saturated carbocycles. The number of nitrogens with zero attached hydrogens (tertiary/aromatic N) is 2. The number of aliphatic hydroxyl groups excluding tert-OH is 1. The number of sulfonamides is 1. The van der Waals surface area contributed by atoms with E-state index in [1.54, 1.807) is 24.3 Å². The summed E-state index contributed by atoms with van der Waals surface area (Å²) >= 11 is 0. The maximum absolute atomic E-state index is 15.6. The standard InChI is InChI=1S/C46H48FN9O8S/c47-37-22-31(12-14-32(37)28-21-35(43(48)51-23-28)26-7-13-33-27(20-26)17-19-50-44(33)60)65(63,64)55-30-10-8-29(9-11-30)52-42(59)24-49-18-2-1-6-40(57)53-38-5-3-4-34-36(38)25-56(46(34)62)39-15-16-41(58)54-45(39)61/h3-5,8-14,20-23,26,39,44,49-50,55,60H,1-2,6-7,15-19,24-25H2,(H2,48,51)(H,52,59)(H,53,57)(H,54,58,61). The molecule has 8 rings (SSSR count). The summed E-state index contributed by atoms with van der Waals surface area (Å²) in [5.74, 6) is -2.36. The van der Waals surface area contributed by atoms with E-state index in [4.69, 9.17) is 5.73 Å². The number of pyridine rings is 1. The van der Waals surface area contributed by atoms with Gasteiger partial charge in [0, 0.05) is 82.9 Å². The highest BCUT2D eigenvalue weighted by atomic mass is 32.2. The Balaban J connectivity index is 0.766. The van der Waals surface area contributed by atoms with Gasteiger partial charge in [0.15, 0.2) is 0 Å². The second kappa shape index (κ2) is 19.1. The summed E-state index contributed by atoms with van der Waals surface area (Å²) in [6.45, 7) is 1.23. The average molecular weight is 906 g/mol. The normalized spacial score (nSPS) is 19.4. The van der Waals surface area contributed by atoms with Crippen LogP contribution in [0.15, 0.2) is 101 Å². The van der Waals surface area contributed by atoms with Crippen LogP contribution in [0.1, 0.15) is 72.3 Å². The molecular formula is C46H48FN9O8S. The largest absolute Gasteiger partial charge is 0.383 e. The topological polar surface area (TPSA) is 254 Å². The van der Waals surface area contributed by atoms with E-state index >= 15 is 4.39 Å². The second-order valence-corrected chi connectivity index (χ2v) is 18.0. The van der Waals surface area contributed by atoms with Crippen molar-refractivity contribution >= 4 is 62.4 Å². The minimum atomic E-state index is -4.20. The van der Waals surface area contributed by atoms with Crippen LogP contribution >= 0.6 is 0 Å². The summed E-state index contributed by atoms with van der Waals surface area (Å²) in [4.78, 5) is 67.9. The van der Waals surface area contributed by atoms with Gasteiger partial charge in [0.1, 0.15) is 23.9 Å². The molecule has 0 spiro atoms. The Bertz CT molecular complexity index is 2740. The number of fused-ring (bicyclic) bond motifs is 2. The lowest BCUT2D eigenvalue weighted by Gasteiger charge is -2.30. The van der Waals surface area contributed by atoms with Crippen LogP contribution < -0.4 is 37.0 Å². The molecule has 9 N–H and O–H groups in total. The number of benzene rings is 3. The molecule has 4 aliphatic rings. The first kappa shape index (κ1) is 44.8. The predicted octanol–water partition coefficient (Wildman–Crippen LogP) is 4.02. The third-order valence-electron chi connectivity index (χ3n) is 11.9. The molecular weight excluding hydrogens is 858 g/mol.